The van der Waals surface area contributed by atoms with E-state index in [-0.39, 0.29) is 18.0 Å². The molecule has 3 aromatic rings. The zero-order chi connectivity index (χ0) is 20.9. The summed E-state index contributed by atoms with van der Waals surface area (Å²) in [6, 6.07) is 18.8. The minimum Gasteiger partial charge on any atom is -0.467 e. The van der Waals surface area contributed by atoms with Crippen molar-refractivity contribution >= 4 is 21.6 Å². The van der Waals surface area contributed by atoms with Crippen LogP contribution in [0.2, 0.25) is 0 Å². The summed E-state index contributed by atoms with van der Waals surface area (Å²) in [5, 5.41) is 2.70. The third-order valence-corrected chi connectivity index (χ3v) is 6.29. The molecule has 0 spiro atoms. The van der Waals surface area contributed by atoms with Crippen LogP contribution in [0.15, 0.2) is 82.3 Å². The summed E-state index contributed by atoms with van der Waals surface area (Å²) in [6.07, 6.45) is 1.52. The smallest absolute Gasteiger partial charge is 0.264 e. The average molecular weight is 413 g/mol. The standard InChI is InChI=1S/C22H24N2O4S/c1-17(2)18-10-12-19(13-11-18)24(29(26,27)21-8-4-3-5-9-21)16-22(25)23-15-20-7-6-14-28-20/h3-14,17H,15-16H2,1-2H3,(H,23,25). The number of hydrogen-bond acceptors (Lipinski definition) is 4. The van der Waals surface area contributed by atoms with Crippen LogP contribution < -0.4 is 9.62 Å². The van der Waals surface area contributed by atoms with Crippen molar-refractivity contribution in [2.45, 2.75) is 31.2 Å². The van der Waals surface area contributed by atoms with E-state index in [1.807, 2.05) is 12.1 Å². The number of carbonyl (C=O) groups is 1. The van der Waals surface area contributed by atoms with Gasteiger partial charge in [0.1, 0.15) is 12.3 Å². The van der Waals surface area contributed by atoms with Gasteiger partial charge in [0.2, 0.25) is 5.91 Å². The van der Waals surface area contributed by atoms with Crippen LogP contribution in [0.3, 0.4) is 0 Å². The van der Waals surface area contributed by atoms with Crippen LogP contribution in [-0.2, 0) is 21.4 Å². The number of sulfonamides is 1. The van der Waals surface area contributed by atoms with Gasteiger partial charge >= 0.3 is 0 Å². The molecular formula is C22H24N2O4S. The van der Waals surface area contributed by atoms with Crippen LogP contribution in [0, 0.1) is 0 Å². The Balaban J connectivity index is 1.87. The van der Waals surface area contributed by atoms with Crippen LogP contribution >= 0.6 is 0 Å². The van der Waals surface area contributed by atoms with Gasteiger partial charge in [0.05, 0.1) is 23.4 Å². The van der Waals surface area contributed by atoms with Gasteiger partial charge in [-0.3, -0.25) is 9.10 Å². The first-order valence-electron chi connectivity index (χ1n) is 9.35. The average Bonchev–Trinajstić information content (AvgIpc) is 3.25. The number of benzene rings is 2. The van der Waals surface area contributed by atoms with Crippen LogP contribution in [0.25, 0.3) is 0 Å². The van der Waals surface area contributed by atoms with Crippen LogP contribution in [0.5, 0.6) is 0 Å². The Hall–Kier alpha value is -3.06. The zero-order valence-corrected chi connectivity index (χ0v) is 17.2. The molecule has 0 atom stereocenters. The molecule has 0 aliphatic carbocycles. The minimum atomic E-state index is -3.91. The van der Waals surface area contributed by atoms with Crippen molar-refractivity contribution in [2.75, 3.05) is 10.8 Å². The quantitative estimate of drug-likeness (QED) is 0.608. The minimum absolute atomic E-state index is 0.131. The SMILES string of the molecule is CC(C)c1ccc(N(CC(=O)NCc2ccco2)S(=O)(=O)c2ccccc2)cc1. The summed E-state index contributed by atoms with van der Waals surface area (Å²) >= 11 is 0. The Kier molecular flexibility index (Phi) is 6.39. The van der Waals surface area contributed by atoms with Gasteiger partial charge in [-0.1, -0.05) is 44.2 Å². The van der Waals surface area contributed by atoms with Crippen molar-refractivity contribution < 1.29 is 17.6 Å². The lowest BCUT2D eigenvalue weighted by molar-refractivity contribution is -0.119. The molecule has 0 bridgehead atoms. The molecule has 1 amide bonds. The van der Waals surface area contributed by atoms with Gasteiger partial charge in [0.15, 0.2) is 0 Å². The number of nitrogens with one attached hydrogen (secondary N) is 1. The van der Waals surface area contributed by atoms with Crippen LogP contribution in [0.1, 0.15) is 31.1 Å². The normalized spacial score (nSPS) is 11.4. The number of hydrogen-bond donors (Lipinski definition) is 1. The zero-order valence-electron chi connectivity index (χ0n) is 16.4. The molecule has 1 heterocycles. The number of nitrogens with zero attached hydrogens (tertiary/aromatic N) is 1. The Morgan fingerprint density at radius 1 is 1.00 bits per heavy atom. The highest BCUT2D eigenvalue weighted by molar-refractivity contribution is 7.92. The van der Waals surface area contributed by atoms with Crippen LogP contribution in [-0.4, -0.2) is 20.9 Å². The second kappa shape index (κ2) is 8.96. The molecule has 29 heavy (non-hydrogen) atoms. The summed E-state index contributed by atoms with van der Waals surface area (Å²) in [7, 11) is -3.91. The highest BCUT2D eigenvalue weighted by Crippen LogP contribution is 2.25. The van der Waals surface area contributed by atoms with Gasteiger partial charge in [0.25, 0.3) is 10.0 Å². The molecule has 3 rings (SSSR count). The van der Waals surface area contributed by atoms with E-state index in [1.165, 1.54) is 18.4 Å². The maximum absolute atomic E-state index is 13.2. The fraction of sp³-hybridized carbons (Fsp3) is 0.227. The monoisotopic (exact) mass is 412 g/mol. The first-order valence-corrected chi connectivity index (χ1v) is 10.8. The molecule has 0 fully saturated rings. The van der Waals surface area contributed by atoms with Gasteiger partial charge in [-0.15, -0.1) is 0 Å². The summed E-state index contributed by atoms with van der Waals surface area (Å²) in [4.78, 5) is 12.6. The van der Waals surface area contributed by atoms with E-state index < -0.39 is 15.9 Å². The third-order valence-electron chi connectivity index (χ3n) is 4.51. The summed E-state index contributed by atoms with van der Waals surface area (Å²) < 4.78 is 32.8. The van der Waals surface area contributed by atoms with Gasteiger partial charge in [-0.2, -0.15) is 0 Å². The molecule has 2 aromatic carbocycles. The number of rotatable bonds is 8. The summed E-state index contributed by atoms with van der Waals surface area (Å²) in [5.74, 6) is 0.491. The molecule has 1 aromatic heterocycles. The molecule has 0 saturated heterocycles. The fourth-order valence-corrected chi connectivity index (χ4v) is 4.29. The van der Waals surface area contributed by atoms with E-state index in [4.69, 9.17) is 4.42 Å². The largest absolute Gasteiger partial charge is 0.467 e. The maximum atomic E-state index is 13.2. The molecule has 0 aliphatic rings. The van der Waals surface area contributed by atoms with E-state index >= 15 is 0 Å². The van der Waals surface area contributed by atoms with Crippen molar-refractivity contribution in [2.24, 2.45) is 0 Å². The first-order chi connectivity index (χ1) is 13.9. The second-order valence-electron chi connectivity index (χ2n) is 6.93. The van der Waals surface area contributed by atoms with E-state index in [9.17, 15) is 13.2 Å². The summed E-state index contributed by atoms with van der Waals surface area (Å²) in [5.41, 5.74) is 1.53. The van der Waals surface area contributed by atoms with Gasteiger partial charge in [0, 0.05) is 0 Å². The molecule has 0 aliphatic heterocycles. The predicted octanol–water partition coefficient (Wildman–Crippen LogP) is 3.91. The molecule has 0 unspecified atom stereocenters. The molecule has 0 saturated carbocycles. The summed E-state index contributed by atoms with van der Waals surface area (Å²) in [6.45, 7) is 3.99. The molecule has 152 valence electrons. The van der Waals surface area contributed by atoms with E-state index in [1.54, 1.807) is 42.5 Å². The number of anilines is 1. The van der Waals surface area contributed by atoms with Gasteiger partial charge in [-0.05, 0) is 47.9 Å². The molecule has 1 N–H and O–H groups in total. The lowest BCUT2D eigenvalue weighted by Gasteiger charge is -2.24. The lowest BCUT2D eigenvalue weighted by atomic mass is 10.0. The predicted molar refractivity (Wildman–Crippen MR) is 112 cm³/mol. The first kappa shape index (κ1) is 20.7. The molecule has 7 heteroatoms. The number of carbonyl (C=O) groups excluding carboxylic acids is 1. The van der Waals surface area contributed by atoms with Gasteiger partial charge < -0.3 is 9.73 Å². The maximum Gasteiger partial charge on any atom is 0.264 e. The van der Waals surface area contributed by atoms with Crippen molar-refractivity contribution in [3.8, 4) is 0 Å². The highest BCUT2D eigenvalue weighted by atomic mass is 32.2. The van der Waals surface area contributed by atoms with Crippen molar-refractivity contribution in [3.63, 3.8) is 0 Å². The third kappa shape index (κ3) is 5.06. The van der Waals surface area contributed by atoms with E-state index in [0.717, 1.165) is 9.87 Å². The highest BCUT2D eigenvalue weighted by Gasteiger charge is 2.27. The van der Waals surface area contributed by atoms with Crippen molar-refractivity contribution in [1.29, 1.82) is 0 Å². The van der Waals surface area contributed by atoms with Gasteiger partial charge in [-0.25, -0.2) is 8.42 Å². The fourth-order valence-electron chi connectivity index (χ4n) is 2.85. The Morgan fingerprint density at radius 3 is 2.28 bits per heavy atom. The topological polar surface area (TPSA) is 79.6 Å². The molecule has 0 radical (unpaired) electrons. The Bertz CT molecular complexity index is 1030. The second-order valence-corrected chi connectivity index (χ2v) is 8.79. The Morgan fingerprint density at radius 2 is 1.69 bits per heavy atom. The van der Waals surface area contributed by atoms with Crippen molar-refractivity contribution in [1.82, 2.24) is 5.32 Å². The molecular weight excluding hydrogens is 388 g/mol. The van der Waals surface area contributed by atoms with E-state index in [0.29, 0.717) is 17.4 Å². The lowest BCUT2D eigenvalue weighted by Crippen LogP contribution is -2.40. The molecule has 6 nitrogen and oxygen atoms in total. The van der Waals surface area contributed by atoms with E-state index in [2.05, 4.69) is 19.2 Å². The number of amides is 1. The van der Waals surface area contributed by atoms with Crippen LogP contribution in [0.4, 0.5) is 5.69 Å². The Labute approximate surface area is 171 Å². The van der Waals surface area contributed by atoms with Crippen molar-refractivity contribution in [3.05, 3.63) is 84.3 Å². The number of furan rings is 1.